The van der Waals surface area contributed by atoms with Crippen LogP contribution < -0.4 is 5.48 Å². The normalized spacial score (nSPS) is 17.0. The number of ether oxygens (including phenoxy) is 2. The van der Waals surface area contributed by atoms with E-state index < -0.39 is 20.7 Å². The Morgan fingerprint density at radius 2 is 1.68 bits per heavy atom. The van der Waals surface area contributed by atoms with Crippen molar-refractivity contribution in [2.75, 3.05) is 32.9 Å². The molecule has 0 atom stereocenters. The Hall–Kier alpha value is -0.740. The lowest BCUT2D eigenvalue weighted by molar-refractivity contribution is -0.132. The zero-order valence-electron chi connectivity index (χ0n) is 17.6. The van der Waals surface area contributed by atoms with Crippen molar-refractivity contribution in [1.29, 1.82) is 0 Å². The van der Waals surface area contributed by atoms with Crippen molar-refractivity contribution in [3.8, 4) is 0 Å². The summed E-state index contributed by atoms with van der Waals surface area (Å²) in [5.41, 5.74) is 1.59. The zero-order valence-corrected chi connectivity index (χ0v) is 18.4. The number of nitrogens with one attached hydrogen (secondary N) is 1. The number of rotatable bonds is 14. The maximum Gasteiger partial charge on any atom is 0.266 e. The number of hydrogen-bond acceptors (Lipinski definition) is 6. The lowest BCUT2D eigenvalue weighted by Gasteiger charge is -2.39. The van der Waals surface area contributed by atoms with E-state index in [1.807, 2.05) is 13.8 Å². The lowest BCUT2D eigenvalue weighted by atomic mass is 9.96. The highest BCUT2D eigenvalue weighted by Gasteiger charge is 2.52. The van der Waals surface area contributed by atoms with E-state index in [4.69, 9.17) is 9.47 Å². The molecule has 28 heavy (non-hydrogen) atoms. The van der Waals surface area contributed by atoms with E-state index in [2.05, 4.69) is 6.92 Å². The van der Waals surface area contributed by atoms with Crippen LogP contribution in [0.1, 0.15) is 72.1 Å². The predicted octanol–water partition coefficient (Wildman–Crippen LogP) is 2.46. The first kappa shape index (κ1) is 25.3. The van der Waals surface area contributed by atoms with Crippen LogP contribution in [-0.4, -0.2) is 67.6 Å². The minimum atomic E-state index is -3.90. The highest BCUT2D eigenvalue weighted by molar-refractivity contribution is 7.91. The van der Waals surface area contributed by atoms with E-state index in [1.54, 1.807) is 5.48 Å². The minimum absolute atomic E-state index is 0.000330. The third-order valence-electron chi connectivity index (χ3n) is 5.28. The standard InChI is InChI=1S/C19H38N2O6S/c1-4-7-14-26-15-16-27-17-8-12-21(13-9-17)28(24,25)19(10-5-2,11-6-3)18(22)20-23/h17,23H,4-16H2,1-3H3,(H,20,22). The first-order valence-electron chi connectivity index (χ1n) is 10.5. The first-order valence-corrected chi connectivity index (χ1v) is 12.0. The molecule has 0 aliphatic carbocycles. The van der Waals surface area contributed by atoms with Gasteiger partial charge in [-0.15, -0.1) is 0 Å². The second kappa shape index (κ2) is 12.7. The van der Waals surface area contributed by atoms with Crippen molar-refractivity contribution in [1.82, 2.24) is 9.79 Å². The summed E-state index contributed by atoms with van der Waals surface area (Å²) < 4.78 is 37.8. The third kappa shape index (κ3) is 6.38. The van der Waals surface area contributed by atoms with Crippen LogP contribution in [0.15, 0.2) is 0 Å². The van der Waals surface area contributed by atoms with E-state index in [0.29, 0.717) is 52.0 Å². The molecule has 166 valence electrons. The van der Waals surface area contributed by atoms with Crippen LogP contribution in [0.3, 0.4) is 0 Å². The monoisotopic (exact) mass is 422 g/mol. The third-order valence-corrected chi connectivity index (χ3v) is 7.91. The van der Waals surface area contributed by atoms with Crippen LogP contribution in [-0.2, 0) is 24.3 Å². The van der Waals surface area contributed by atoms with E-state index in [1.165, 1.54) is 4.31 Å². The molecule has 9 heteroatoms. The molecular formula is C19H38N2O6S. The van der Waals surface area contributed by atoms with Gasteiger partial charge in [0, 0.05) is 19.7 Å². The van der Waals surface area contributed by atoms with Gasteiger partial charge in [0.15, 0.2) is 4.75 Å². The molecule has 0 aromatic rings. The average molecular weight is 423 g/mol. The Labute approximate surface area is 170 Å². The Morgan fingerprint density at radius 1 is 1.07 bits per heavy atom. The molecule has 0 spiro atoms. The van der Waals surface area contributed by atoms with Gasteiger partial charge in [-0.25, -0.2) is 18.2 Å². The molecule has 1 heterocycles. The molecule has 1 amide bonds. The van der Waals surface area contributed by atoms with E-state index in [0.717, 1.165) is 19.4 Å². The fourth-order valence-corrected chi connectivity index (χ4v) is 6.14. The maximum atomic E-state index is 13.3. The molecule has 0 saturated carbocycles. The summed E-state index contributed by atoms with van der Waals surface area (Å²) in [5.74, 6) is -0.834. The van der Waals surface area contributed by atoms with Gasteiger partial charge in [0.25, 0.3) is 5.91 Å². The van der Waals surface area contributed by atoms with E-state index in [-0.39, 0.29) is 18.9 Å². The van der Waals surface area contributed by atoms with Crippen molar-refractivity contribution < 1.29 is 27.9 Å². The highest BCUT2D eigenvalue weighted by atomic mass is 32.2. The van der Waals surface area contributed by atoms with Crippen LogP contribution in [0.25, 0.3) is 0 Å². The summed E-state index contributed by atoms with van der Waals surface area (Å²) in [6, 6.07) is 0. The van der Waals surface area contributed by atoms with E-state index in [9.17, 15) is 18.4 Å². The summed E-state index contributed by atoms with van der Waals surface area (Å²) >= 11 is 0. The van der Waals surface area contributed by atoms with Crippen LogP contribution >= 0.6 is 0 Å². The van der Waals surface area contributed by atoms with Gasteiger partial charge < -0.3 is 9.47 Å². The number of carbonyl (C=O) groups excluding carboxylic acids is 1. The molecule has 1 rings (SSSR count). The van der Waals surface area contributed by atoms with Crippen LogP contribution in [0.2, 0.25) is 0 Å². The van der Waals surface area contributed by atoms with Gasteiger partial charge >= 0.3 is 0 Å². The number of carbonyl (C=O) groups is 1. The van der Waals surface area contributed by atoms with Crippen LogP contribution in [0.5, 0.6) is 0 Å². The van der Waals surface area contributed by atoms with Gasteiger partial charge in [-0.05, 0) is 32.1 Å². The SMILES string of the molecule is CCCCOCCOC1CCN(S(=O)(=O)C(CCC)(CCC)C(=O)NO)CC1. The second-order valence-corrected chi connectivity index (χ2v) is 9.62. The molecule has 0 aromatic carbocycles. The number of unbranched alkanes of at least 4 members (excludes halogenated alkanes) is 1. The molecule has 0 radical (unpaired) electrons. The Kier molecular flexibility index (Phi) is 11.5. The van der Waals surface area contributed by atoms with Crippen molar-refractivity contribution >= 4 is 15.9 Å². The number of piperidine rings is 1. The Bertz CT molecular complexity index is 541. The van der Waals surface area contributed by atoms with Gasteiger partial charge in [0.1, 0.15) is 0 Å². The Balaban J connectivity index is 2.68. The van der Waals surface area contributed by atoms with Gasteiger partial charge in [0.2, 0.25) is 10.0 Å². The molecule has 1 aliphatic rings. The summed E-state index contributed by atoms with van der Waals surface area (Å²) in [6.45, 7) is 8.21. The predicted molar refractivity (Wildman–Crippen MR) is 108 cm³/mol. The van der Waals surface area contributed by atoms with Gasteiger partial charge in [-0.1, -0.05) is 40.0 Å². The molecule has 1 saturated heterocycles. The average Bonchev–Trinajstić information content (AvgIpc) is 2.70. The second-order valence-electron chi connectivity index (χ2n) is 7.38. The van der Waals surface area contributed by atoms with Crippen LogP contribution in [0.4, 0.5) is 0 Å². The number of sulfonamides is 1. The quantitative estimate of drug-likeness (QED) is 0.253. The van der Waals surface area contributed by atoms with Gasteiger partial charge in [0.05, 0.1) is 19.3 Å². The van der Waals surface area contributed by atoms with Crippen molar-refractivity contribution in [2.45, 2.75) is 83.0 Å². The van der Waals surface area contributed by atoms with Gasteiger partial charge in [-0.3, -0.25) is 10.0 Å². The molecule has 2 N–H and O–H groups in total. The minimum Gasteiger partial charge on any atom is -0.379 e. The topological polar surface area (TPSA) is 105 Å². The summed E-state index contributed by atoms with van der Waals surface area (Å²) in [4.78, 5) is 12.4. The summed E-state index contributed by atoms with van der Waals surface area (Å²) in [7, 11) is -3.90. The zero-order chi connectivity index (χ0) is 21.0. The molecule has 1 fully saturated rings. The number of hydroxylamine groups is 1. The van der Waals surface area contributed by atoms with Crippen molar-refractivity contribution in [2.24, 2.45) is 0 Å². The molecule has 1 aliphatic heterocycles. The smallest absolute Gasteiger partial charge is 0.266 e. The first-order chi connectivity index (χ1) is 13.4. The number of hydrogen-bond donors (Lipinski definition) is 2. The fraction of sp³-hybridized carbons (Fsp3) is 0.947. The highest BCUT2D eigenvalue weighted by Crippen LogP contribution is 2.34. The molecule has 0 aromatic heterocycles. The largest absolute Gasteiger partial charge is 0.379 e. The summed E-state index contributed by atoms with van der Waals surface area (Å²) in [6.07, 6.45) is 4.73. The van der Waals surface area contributed by atoms with Gasteiger partial charge in [-0.2, -0.15) is 0 Å². The van der Waals surface area contributed by atoms with Crippen LogP contribution in [0, 0.1) is 0 Å². The summed E-state index contributed by atoms with van der Waals surface area (Å²) in [5, 5.41) is 9.19. The molecular weight excluding hydrogens is 384 g/mol. The molecule has 0 bridgehead atoms. The molecule has 8 nitrogen and oxygen atoms in total. The number of amides is 1. The number of nitrogens with zero attached hydrogens (tertiary/aromatic N) is 1. The molecule has 0 unspecified atom stereocenters. The Morgan fingerprint density at radius 3 is 2.18 bits per heavy atom. The maximum absolute atomic E-state index is 13.3. The lowest BCUT2D eigenvalue weighted by Crippen LogP contribution is -2.58. The van der Waals surface area contributed by atoms with E-state index >= 15 is 0 Å². The van der Waals surface area contributed by atoms with Crippen molar-refractivity contribution in [3.05, 3.63) is 0 Å². The fourth-order valence-electron chi connectivity index (χ4n) is 3.75. The van der Waals surface area contributed by atoms with Crippen molar-refractivity contribution in [3.63, 3.8) is 0 Å².